The van der Waals surface area contributed by atoms with E-state index in [-0.39, 0.29) is 11.8 Å². The van der Waals surface area contributed by atoms with Crippen molar-refractivity contribution in [2.24, 2.45) is 5.92 Å². The summed E-state index contributed by atoms with van der Waals surface area (Å²) in [6, 6.07) is 16.8. The number of ether oxygens (including phenoxy) is 1. The van der Waals surface area contributed by atoms with Gasteiger partial charge in [-0.3, -0.25) is 9.59 Å². The summed E-state index contributed by atoms with van der Waals surface area (Å²) in [6.45, 7) is 6.22. The van der Waals surface area contributed by atoms with Gasteiger partial charge in [0.1, 0.15) is 24.5 Å². The molecule has 0 unspecified atom stereocenters. The number of hydrogen-bond donors (Lipinski definition) is 3. The molecule has 0 aliphatic heterocycles. The van der Waals surface area contributed by atoms with E-state index in [2.05, 4.69) is 15.6 Å². The fourth-order valence-corrected chi connectivity index (χ4v) is 4.86. The molecule has 0 saturated heterocycles. The standard InChI is InChI=1S/C28H35N3O4S/c1-4-12-23(30-27(34)25(32)19(5-2)6-3)26(33)31-28-29-17-24(36-28)22-16-11-10-13-20(22)18-35-21-14-8-7-9-15-21/h7-11,13-17,19,23,25,32H,4-6,12,18H2,1-3H3,(H,30,34)(H,29,31,33)/t23-,25+/m0/s1. The Morgan fingerprint density at radius 1 is 1.00 bits per heavy atom. The Morgan fingerprint density at radius 2 is 1.69 bits per heavy atom. The van der Waals surface area contributed by atoms with Crippen molar-refractivity contribution >= 4 is 28.3 Å². The molecule has 2 amide bonds. The molecule has 3 aromatic rings. The van der Waals surface area contributed by atoms with Crippen molar-refractivity contribution < 1.29 is 19.4 Å². The predicted octanol–water partition coefficient (Wildman–Crippen LogP) is 5.41. The van der Waals surface area contributed by atoms with Crippen molar-refractivity contribution in [3.05, 3.63) is 66.4 Å². The van der Waals surface area contributed by atoms with Crippen LogP contribution < -0.4 is 15.4 Å². The maximum absolute atomic E-state index is 13.0. The molecule has 0 saturated carbocycles. The highest BCUT2D eigenvalue weighted by Gasteiger charge is 2.28. The summed E-state index contributed by atoms with van der Waals surface area (Å²) in [5.41, 5.74) is 1.99. The van der Waals surface area contributed by atoms with E-state index in [4.69, 9.17) is 4.74 Å². The minimum atomic E-state index is -1.13. The van der Waals surface area contributed by atoms with Crippen molar-refractivity contribution in [2.75, 3.05) is 5.32 Å². The third kappa shape index (κ3) is 7.38. The number of aliphatic hydroxyl groups excluding tert-OH is 1. The van der Waals surface area contributed by atoms with Gasteiger partial charge in [0.05, 0.1) is 4.88 Å². The van der Waals surface area contributed by atoms with Gasteiger partial charge in [0.25, 0.3) is 0 Å². The molecule has 8 heteroatoms. The van der Waals surface area contributed by atoms with Crippen LogP contribution in [-0.4, -0.2) is 34.1 Å². The normalized spacial score (nSPS) is 12.7. The maximum Gasteiger partial charge on any atom is 0.249 e. The SMILES string of the molecule is CCC[C@H](NC(=O)[C@H](O)C(CC)CC)C(=O)Nc1ncc(-c2ccccc2COc2ccccc2)s1. The second kappa shape index (κ2) is 13.8. The second-order valence-corrected chi connectivity index (χ2v) is 9.68. The molecular weight excluding hydrogens is 474 g/mol. The minimum Gasteiger partial charge on any atom is -0.489 e. The van der Waals surface area contributed by atoms with Gasteiger partial charge in [0.2, 0.25) is 11.8 Å². The zero-order valence-corrected chi connectivity index (χ0v) is 21.9. The molecule has 7 nitrogen and oxygen atoms in total. The first-order valence-electron chi connectivity index (χ1n) is 12.5. The molecule has 0 aliphatic rings. The molecule has 1 heterocycles. The monoisotopic (exact) mass is 509 g/mol. The molecule has 0 fully saturated rings. The highest BCUT2D eigenvalue weighted by atomic mass is 32.1. The van der Waals surface area contributed by atoms with E-state index >= 15 is 0 Å². The van der Waals surface area contributed by atoms with Crippen LogP contribution >= 0.6 is 11.3 Å². The molecule has 0 spiro atoms. The van der Waals surface area contributed by atoms with Gasteiger partial charge in [-0.2, -0.15) is 0 Å². The van der Waals surface area contributed by atoms with E-state index in [1.54, 1.807) is 6.20 Å². The first-order valence-corrected chi connectivity index (χ1v) is 13.3. The number of aromatic nitrogens is 1. The molecule has 36 heavy (non-hydrogen) atoms. The first kappa shape index (κ1) is 27.4. The van der Waals surface area contributed by atoms with Gasteiger partial charge in [-0.15, -0.1) is 0 Å². The van der Waals surface area contributed by atoms with Gasteiger partial charge in [-0.05, 0) is 35.6 Å². The van der Waals surface area contributed by atoms with Crippen LogP contribution in [0.1, 0.15) is 52.0 Å². The van der Waals surface area contributed by atoms with Crippen molar-refractivity contribution in [1.82, 2.24) is 10.3 Å². The topological polar surface area (TPSA) is 101 Å². The zero-order chi connectivity index (χ0) is 25.9. The number of hydrogen-bond acceptors (Lipinski definition) is 6. The Hall–Kier alpha value is -3.23. The number of anilines is 1. The predicted molar refractivity (Wildman–Crippen MR) is 144 cm³/mol. The first-order chi connectivity index (χ1) is 17.5. The average molecular weight is 510 g/mol. The number of benzene rings is 2. The number of para-hydroxylation sites is 1. The Kier molecular flexibility index (Phi) is 10.5. The van der Waals surface area contributed by atoms with Crippen LogP contribution in [0.4, 0.5) is 5.13 Å². The lowest BCUT2D eigenvalue weighted by molar-refractivity contribution is -0.135. The average Bonchev–Trinajstić information content (AvgIpc) is 3.36. The summed E-state index contributed by atoms with van der Waals surface area (Å²) in [6.07, 6.45) is 3.15. The summed E-state index contributed by atoms with van der Waals surface area (Å²) >= 11 is 1.36. The van der Waals surface area contributed by atoms with Gasteiger partial charge in [0.15, 0.2) is 5.13 Å². The third-order valence-corrected chi connectivity index (χ3v) is 7.08. The molecule has 3 rings (SSSR count). The van der Waals surface area contributed by atoms with Crippen LogP contribution in [0, 0.1) is 5.92 Å². The summed E-state index contributed by atoms with van der Waals surface area (Å²) in [4.78, 5) is 30.8. The Balaban J connectivity index is 1.67. The van der Waals surface area contributed by atoms with Gasteiger partial charge in [0, 0.05) is 6.20 Å². The summed E-state index contributed by atoms with van der Waals surface area (Å²) in [7, 11) is 0. The molecule has 0 aliphatic carbocycles. The quantitative estimate of drug-likeness (QED) is 0.286. The van der Waals surface area contributed by atoms with E-state index in [1.165, 1.54) is 11.3 Å². The third-order valence-electron chi connectivity index (χ3n) is 6.13. The van der Waals surface area contributed by atoms with E-state index in [9.17, 15) is 14.7 Å². The largest absolute Gasteiger partial charge is 0.489 e. The van der Waals surface area contributed by atoms with E-state index in [0.717, 1.165) is 21.8 Å². The van der Waals surface area contributed by atoms with Crippen LogP contribution in [0.5, 0.6) is 5.75 Å². The Morgan fingerprint density at radius 3 is 2.39 bits per heavy atom. The van der Waals surface area contributed by atoms with Crippen LogP contribution in [0.15, 0.2) is 60.8 Å². The fourth-order valence-electron chi connectivity index (χ4n) is 3.98. The van der Waals surface area contributed by atoms with Gasteiger partial charge >= 0.3 is 0 Å². The molecule has 1 aromatic heterocycles. The number of nitrogens with one attached hydrogen (secondary N) is 2. The van der Waals surface area contributed by atoms with Crippen molar-refractivity contribution in [3.63, 3.8) is 0 Å². The smallest absolute Gasteiger partial charge is 0.249 e. The lowest BCUT2D eigenvalue weighted by atomic mass is 9.95. The van der Waals surface area contributed by atoms with Gasteiger partial charge in [-0.1, -0.05) is 93.8 Å². The number of nitrogens with zero attached hydrogens (tertiary/aromatic N) is 1. The molecular formula is C28H35N3O4S. The number of amides is 2. The number of carbonyl (C=O) groups excluding carboxylic acids is 2. The lowest BCUT2D eigenvalue weighted by Crippen LogP contribution is -2.49. The molecule has 3 N–H and O–H groups in total. The van der Waals surface area contributed by atoms with Crippen molar-refractivity contribution in [1.29, 1.82) is 0 Å². The van der Waals surface area contributed by atoms with Gasteiger partial charge < -0.3 is 20.5 Å². The lowest BCUT2D eigenvalue weighted by Gasteiger charge is -2.23. The van der Waals surface area contributed by atoms with Crippen LogP contribution in [-0.2, 0) is 16.2 Å². The number of rotatable bonds is 13. The van der Waals surface area contributed by atoms with E-state index in [0.29, 0.717) is 37.4 Å². The highest BCUT2D eigenvalue weighted by molar-refractivity contribution is 7.19. The summed E-state index contributed by atoms with van der Waals surface area (Å²) in [5, 5.41) is 16.4. The molecule has 2 atom stereocenters. The van der Waals surface area contributed by atoms with Crippen LogP contribution in [0.2, 0.25) is 0 Å². The van der Waals surface area contributed by atoms with Crippen molar-refractivity contribution in [3.8, 4) is 16.2 Å². The Labute approximate surface area is 216 Å². The van der Waals surface area contributed by atoms with Crippen LogP contribution in [0.3, 0.4) is 0 Å². The maximum atomic E-state index is 13.0. The molecule has 0 bridgehead atoms. The second-order valence-electron chi connectivity index (χ2n) is 8.65. The molecule has 2 aromatic carbocycles. The molecule has 192 valence electrons. The number of thiazole rings is 1. The zero-order valence-electron chi connectivity index (χ0n) is 21.1. The fraction of sp³-hybridized carbons (Fsp3) is 0.393. The van der Waals surface area contributed by atoms with E-state index < -0.39 is 18.1 Å². The van der Waals surface area contributed by atoms with Crippen molar-refractivity contribution in [2.45, 2.75) is 65.2 Å². The number of aliphatic hydroxyl groups is 1. The van der Waals surface area contributed by atoms with Gasteiger partial charge in [-0.25, -0.2) is 4.98 Å². The Bertz CT molecular complexity index is 1110. The molecule has 0 radical (unpaired) electrons. The van der Waals surface area contributed by atoms with Crippen LogP contribution in [0.25, 0.3) is 10.4 Å². The number of carbonyl (C=O) groups is 2. The summed E-state index contributed by atoms with van der Waals surface area (Å²) in [5.74, 6) is -0.196. The van der Waals surface area contributed by atoms with E-state index in [1.807, 2.05) is 75.4 Å². The highest BCUT2D eigenvalue weighted by Crippen LogP contribution is 2.32. The summed E-state index contributed by atoms with van der Waals surface area (Å²) < 4.78 is 5.93. The minimum absolute atomic E-state index is 0.136.